The largest absolute Gasteiger partial charge is 0.313 e. The van der Waals surface area contributed by atoms with E-state index in [4.69, 9.17) is 0 Å². The first kappa shape index (κ1) is 27.0. The molecular weight excluding hydrogens is 484 g/mol. The maximum absolute atomic E-state index is 4.15. The average Bonchev–Trinajstić information content (AvgIpc) is 3.67. The molecule has 6 rings (SSSR count). The molecule has 40 heavy (non-hydrogen) atoms. The van der Waals surface area contributed by atoms with Crippen LogP contribution >= 0.6 is 0 Å². The minimum Gasteiger partial charge on any atom is -0.313 e. The van der Waals surface area contributed by atoms with Crippen molar-refractivity contribution in [2.24, 2.45) is 0 Å². The van der Waals surface area contributed by atoms with Gasteiger partial charge in [-0.2, -0.15) is 0 Å². The van der Waals surface area contributed by atoms with Crippen molar-refractivity contribution in [1.82, 2.24) is 10.6 Å². The molecule has 0 aromatic heterocycles. The summed E-state index contributed by atoms with van der Waals surface area (Å²) in [6, 6.07) is 35.5. The second kappa shape index (κ2) is 11.7. The van der Waals surface area contributed by atoms with Crippen molar-refractivity contribution in [2.75, 3.05) is 6.54 Å². The van der Waals surface area contributed by atoms with Crippen LogP contribution in [0.4, 0.5) is 0 Å². The van der Waals surface area contributed by atoms with E-state index in [1.165, 1.54) is 69.3 Å². The van der Waals surface area contributed by atoms with Crippen LogP contribution in [0.5, 0.6) is 0 Å². The Hall–Kier alpha value is -3.20. The smallest absolute Gasteiger partial charge is 0.0323 e. The molecule has 2 aliphatic heterocycles. The second-order valence-electron chi connectivity index (χ2n) is 12.2. The summed E-state index contributed by atoms with van der Waals surface area (Å²) in [7, 11) is 0. The summed E-state index contributed by atoms with van der Waals surface area (Å²) < 4.78 is 0. The van der Waals surface area contributed by atoms with Gasteiger partial charge in [-0.05, 0) is 110 Å². The van der Waals surface area contributed by atoms with Gasteiger partial charge in [0.05, 0.1) is 0 Å². The van der Waals surface area contributed by atoms with Crippen molar-refractivity contribution in [1.29, 1.82) is 0 Å². The van der Waals surface area contributed by atoms with E-state index in [1.807, 2.05) is 0 Å². The fraction of sp³-hybridized carbons (Fsp3) is 0.368. The van der Waals surface area contributed by atoms with Crippen molar-refractivity contribution < 1.29 is 0 Å². The van der Waals surface area contributed by atoms with Gasteiger partial charge in [-0.1, -0.05) is 91.0 Å². The first-order valence-corrected chi connectivity index (χ1v) is 15.3. The lowest BCUT2D eigenvalue weighted by molar-refractivity contribution is 0.502. The molecule has 2 nitrogen and oxygen atoms in total. The normalized spacial score (nSPS) is 21.7. The topological polar surface area (TPSA) is 24.1 Å². The molecule has 0 aliphatic carbocycles. The molecule has 0 radical (unpaired) electrons. The van der Waals surface area contributed by atoms with Crippen LogP contribution < -0.4 is 10.6 Å². The minimum absolute atomic E-state index is 0.347. The Morgan fingerprint density at radius 2 is 1.07 bits per heavy atom. The molecule has 2 N–H and O–H groups in total. The van der Waals surface area contributed by atoms with Gasteiger partial charge in [0.15, 0.2) is 0 Å². The molecule has 3 unspecified atom stereocenters. The molecule has 2 heteroatoms. The Labute approximate surface area is 241 Å². The number of aryl methyl sites for hydroxylation is 4. The fourth-order valence-electron chi connectivity index (χ4n) is 7.51. The van der Waals surface area contributed by atoms with E-state index < -0.39 is 0 Å². The molecule has 2 saturated heterocycles. The number of hydrogen-bond acceptors (Lipinski definition) is 2. The second-order valence-corrected chi connectivity index (χ2v) is 12.2. The highest BCUT2D eigenvalue weighted by molar-refractivity contribution is 5.46. The molecule has 0 bridgehead atoms. The standard InChI is InChI=1S/C38H44N2/c1-25-12-5-8-15-30(25)37(31-16-9-6-13-26(31)2)36-22-21-34(40-36)29-20-19-28(4)33(24-29)38(35-18-11-23-39-35)32-17-10-7-14-27(32)3/h5-10,12-17,19-20,24,34-40H,11,18,21-23H2,1-4H3/t34?,35?,36?,38-/m1/s1. The first-order valence-electron chi connectivity index (χ1n) is 15.3. The molecule has 4 atom stereocenters. The average molecular weight is 529 g/mol. The summed E-state index contributed by atoms with van der Waals surface area (Å²) in [5.74, 6) is 0.729. The molecule has 0 saturated carbocycles. The van der Waals surface area contributed by atoms with E-state index in [0.717, 1.165) is 13.0 Å². The lowest BCUT2D eigenvalue weighted by atomic mass is 9.79. The van der Waals surface area contributed by atoms with Crippen molar-refractivity contribution in [3.8, 4) is 0 Å². The van der Waals surface area contributed by atoms with Crippen molar-refractivity contribution in [3.63, 3.8) is 0 Å². The van der Waals surface area contributed by atoms with Gasteiger partial charge < -0.3 is 10.6 Å². The highest BCUT2D eigenvalue weighted by Gasteiger charge is 2.35. The van der Waals surface area contributed by atoms with Crippen LogP contribution in [0.1, 0.15) is 93.6 Å². The maximum Gasteiger partial charge on any atom is 0.0323 e. The Kier molecular flexibility index (Phi) is 7.91. The van der Waals surface area contributed by atoms with E-state index in [1.54, 1.807) is 0 Å². The third kappa shape index (κ3) is 5.28. The van der Waals surface area contributed by atoms with Gasteiger partial charge >= 0.3 is 0 Å². The lowest BCUT2D eigenvalue weighted by Gasteiger charge is -2.30. The summed E-state index contributed by atoms with van der Waals surface area (Å²) in [6.45, 7) is 10.2. The third-order valence-corrected chi connectivity index (χ3v) is 9.70. The Morgan fingerprint density at radius 3 is 1.60 bits per heavy atom. The minimum atomic E-state index is 0.347. The molecular formula is C38H44N2. The molecule has 206 valence electrons. The highest BCUT2D eigenvalue weighted by Crippen LogP contribution is 2.41. The van der Waals surface area contributed by atoms with Gasteiger partial charge in [0.1, 0.15) is 0 Å². The fourth-order valence-corrected chi connectivity index (χ4v) is 7.51. The number of rotatable bonds is 7. The van der Waals surface area contributed by atoms with Gasteiger partial charge in [0, 0.05) is 30.0 Å². The van der Waals surface area contributed by atoms with Gasteiger partial charge in [-0.25, -0.2) is 0 Å². The van der Waals surface area contributed by atoms with Crippen molar-refractivity contribution >= 4 is 0 Å². The maximum atomic E-state index is 4.15. The number of hydrogen-bond donors (Lipinski definition) is 2. The number of nitrogens with one attached hydrogen (secondary N) is 2. The molecule has 2 fully saturated rings. The number of benzene rings is 4. The van der Waals surface area contributed by atoms with Crippen molar-refractivity contribution in [3.05, 3.63) is 141 Å². The Morgan fingerprint density at radius 1 is 0.550 bits per heavy atom. The predicted octanol–water partition coefficient (Wildman–Crippen LogP) is 8.43. The first-order chi connectivity index (χ1) is 19.5. The van der Waals surface area contributed by atoms with Crippen LogP contribution in [0, 0.1) is 27.7 Å². The quantitative estimate of drug-likeness (QED) is 0.251. The summed E-state index contributed by atoms with van der Waals surface area (Å²) in [4.78, 5) is 0. The SMILES string of the molecule is Cc1ccccc1C(c1ccccc1C)C1CCC(c2ccc(C)c([C@@H](c3ccccc3C)C3CCCN3)c2)N1. The van der Waals surface area contributed by atoms with E-state index in [2.05, 4.69) is 129 Å². The van der Waals surface area contributed by atoms with Gasteiger partial charge in [-0.15, -0.1) is 0 Å². The summed E-state index contributed by atoms with van der Waals surface area (Å²) in [6.07, 6.45) is 4.84. The van der Waals surface area contributed by atoms with E-state index in [0.29, 0.717) is 30.0 Å². The van der Waals surface area contributed by atoms with Gasteiger partial charge in [0.2, 0.25) is 0 Å². The monoisotopic (exact) mass is 528 g/mol. The van der Waals surface area contributed by atoms with E-state index >= 15 is 0 Å². The molecule has 4 aromatic carbocycles. The zero-order valence-corrected chi connectivity index (χ0v) is 24.6. The summed E-state index contributed by atoms with van der Waals surface area (Å²) in [5.41, 5.74) is 12.9. The summed E-state index contributed by atoms with van der Waals surface area (Å²) >= 11 is 0. The molecule has 4 aromatic rings. The molecule has 0 amide bonds. The van der Waals surface area contributed by atoms with Crippen LogP contribution in [0.3, 0.4) is 0 Å². The zero-order chi connectivity index (χ0) is 27.6. The van der Waals surface area contributed by atoms with Crippen LogP contribution in [-0.2, 0) is 0 Å². The highest BCUT2D eigenvalue weighted by atomic mass is 15.0. The molecule has 2 aliphatic rings. The zero-order valence-electron chi connectivity index (χ0n) is 24.6. The lowest BCUT2D eigenvalue weighted by Crippen LogP contribution is -2.32. The summed E-state index contributed by atoms with van der Waals surface area (Å²) in [5, 5.41) is 8.00. The van der Waals surface area contributed by atoms with Crippen LogP contribution in [0.2, 0.25) is 0 Å². The van der Waals surface area contributed by atoms with E-state index in [-0.39, 0.29) is 0 Å². The van der Waals surface area contributed by atoms with Crippen LogP contribution in [0.15, 0.2) is 91.0 Å². The molecule has 0 spiro atoms. The molecule has 2 heterocycles. The van der Waals surface area contributed by atoms with Crippen LogP contribution in [0.25, 0.3) is 0 Å². The Bertz CT molecular complexity index is 1420. The third-order valence-electron chi connectivity index (χ3n) is 9.70. The van der Waals surface area contributed by atoms with Gasteiger partial charge in [-0.3, -0.25) is 0 Å². The van der Waals surface area contributed by atoms with Crippen molar-refractivity contribution in [2.45, 2.75) is 83.3 Å². The van der Waals surface area contributed by atoms with Gasteiger partial charge in [0.25, 0.3) is 0 Å². The predicted molar refractivity (Wildman–Crippen MR) is 168 cm³/mol. The van der Waals surface area contributed by atoms with Crippen LogP contribution in [-0.4, -0.2) is 18.6 Å². The Balaban J connectivity index is 1.34. The van der Waals surface area contributed by atoms with E-state index in [9.17, 15) is 0 Å².